The molecule has 2 aromatic heterocycles. The van der Waals surface area contributed by atoms with Gasteiger partial charge in [0, 0.05) is 31.7 Å². The van der Waals surface area contributed by atoms with Crippen molar-refractivity contribution in [1.82, 2.24) is 25.1 Å². The lowest BCUT2D eigenvalue weighted by Gasteiger charge is -2.35. The molecule has 0 radical (unpaired) electrons. The molecular weight excluding hydrogens is 320 g/mol. The van der Waals surface area contributed by atoms with Crippen LogP contribution < -0.4 is 9.64 Å². The molecule has 1 fully saturated rings. The maximum Gasteiger partial charge on any atom is 0.253 e. The molecule has 4 rings (SSSR count). The number of carbonyl (C=O) groups excluding carboxylic acids is 1. The van der Waals surface area contributed by atoms with Gasteiger partial charge in [-0.25, -0.2) is 9.97 Å². The third-order valence-electron chi connectivity index (χ3n) is 4.43. The van der Waals surface area contributed by atoms with Crippen LogP contribution in [0, 0.1) is 0 Å². The third-order valence-corrected chi connectivity index (χ3v) is 4.43. The number of piperazine rings is 1. The van der Waals surface area contributed by atoms with Crippen LogP contribution in [-0.4, -0.2) is 64.3 Å². The number of H-pyrrole nitrogens is 1. The number of methoxy groups -OCH3 is 1. The predicted octanol–water partition coefficient (Wildman–Crippen LogP) is 1.32. The average Bonchev–Trinajstić information content (AvgIpc) is 3.16. The molecule has 3 aromatic rings. The number of fused-ring (bicyclic) bond motifs is 1. The standard InChI is InChI=1S/C17H18N6O2/c1-25-13-4-2-12(3-5-13)17(24)23-8-6-22(7-9-23)16-14-10-20-21-15(14)18-11-19-16/h2-5,10-11H,6-9H2,1H3,(H,18,19,20,21). The lowest BCUT2D eigenvalue weighted by molar-refractivity contribution is 0.0746. The molecule has 8 nitrogen and oxygen atoms in total. The maximum atomic E-state index is 12.6. The molecule has 1 N–H and O–H groups in total. The number of ether oxygens (including phenoxy) is 1. The molecular formula is C17H18N6O2. The number of amides is 1. The van der Waals surface area contributed by atoms with E-state index in [9.17, 15) is 4.79 Å². The number of hydrogen-bond donors (Lipinski definition) is 1. The van der Waals surface area contributed by atoms with Crippen LogP contribution in [0.25, 0.3) is 11.0 Å². The highest BCUT2D eigenvalue weighted by molar-refractivity contribution is 5.94. The zero-order valence-electron chi connectivity index (χ0n) is 13.8. The second-order valence-electron chi connectivity index (χ2n) is 5.84. The van der Waals surface area contributed by atoms with E-state index in [1.54, 1.807) is 37.6 Å². The zero-order valence-corrected chi connectivity index (χ0v) is 13.8. The lowest BCUT2D eigenvalue weighted by Crippen LogP contribution is -2.49. The highest BCUT2D eigenvalue weighted by Gasteiger charge is 2.24. The van der Waals surface area contributed by atoms with Crippen LogP contribution in [-0.2, 0) is 0 Å². The van der Waals surface area contributed by atoms with Gasteiger partial charge in [0.1, 0.15) is 17.9 Å². The van der Waals surface area contributed by atoms with Crippen molar-refractivity contribution < 1.29 is 9.53 Å². The summed E-state index contributed by atoms with van der Waals surface area (Å²) in [4.78, 5) is 25.2. The normalized spacial score (nSPS) is 14.8. The van der Waals surface area contributed by atoms with Gasteiger partial charge in [-0.2, -0.15) is 5.10 Å². The van der Waals surface area contributed by atoms with Crippen molar-refractivity contribution in [2.75, 3.05) is 38.2 Å². The fourth-order valence-electron chi connectivity index (χ4n) is 3.04. The maximum absolute atomic E-state index is 12.6. The molecule has 25 heavy (non-hydrogen) atoms. The molecule has 0 saturated carbocycles. The molecule has 0 atom stereocenters. The molecule has 1 aliphatic rings. The van der Waals surface area contributed by atoms with Crippen LogP contribution in [0.1, 0.15) is 10.4 Å². The molecule has 8 heteroatoms. The number of carbonyl (C=O) groups is 1. The van der Waals surface area contributed by atoms with Crippen LogP contribution in [0.15, 0.2) is 36.8 Å². The van der Waals surface area contributed by atoms with Gasteiger partial charge in [0.05, 0.1) is 18.7 Å². The molecule has 1 amide bonds. The molecule has 1 aliphatic heterocycles. The van der Waals surface area contributed by atoms with E-state index >= 15 is 0 Å². The Balaban J connectivity index is 1.45. The van der Waals surface area contributed by atoms with Crippen LogP contribution in [0.4, 0.5) is 5.82 Å². The van der Waals surface area contributed by atoms with Crippen molar-refractivity contribution in [3.63, 3.8) is 0 Å². The number of anilines is 1. The fraction of sp³-hybridized carbons (Fsp3) is 0.294. The first kappa shape index (κ1) is 15.4. The monoisotopic (exact) mass is 338 g/mol. The number of rotatable bonds is 3. The summed E-state index contributed by atoms with van der Waals surface area (Å²) in [5, 5.41) is 7.78. The van der Waals surface area contributed by atoms with Gasteiger partial charge in [-0.15, -0.1) is 0 Å². The molecule has 0 unspecified atom stereocenters. The number of nitrogens with one attached hydrogen (secondary N) is 1. The topological polar surface area (TPSA) is 87.2 Å². The van der Waals surface area contributed by atoms with Crippen molar-refractivity contribution in [2.24, 2.45) is 0 Å². The van der Waals surface area contributed by atoms with Gasteiger partial charge in [-0.05, 0) is 24.3 Å². The van der Waals surface area contributed by atoms with Crippen LogP contribution >= 0.6 is 0 Å². The summed E-state index contributed by atoms with van der Waals surface area (Å²) in [6, 6.07) is 7.21. The highest BCUT2D eigenvalue weighted by Crippen LogP contribution is 2.22. The quantitative estimate of drug-likeness (QED) is 0.775. The minimum Gasteiger partial charge on any atom is -0.497 e. The second kappa shape index (κ2) is 6.39. The van der Waals surface area contributed by atoms with E-state index in [4.69, 9.17) is 4.74 Å². The Labute approximate surface area is 144 Å². The van der Waals surface area contributed by atoms with E-state index < -0.39 is 0 Å². The zero-order chi connectivity index (χ0) is 17.2. The summed E-state index contributed by atoms with van der Waals surface area (Å²) < 4.78 is 5.13. The Bertz CT molecular complexity index is 884. The van der Waals surface area contributed by atoms with Crippen molar-refractivity contribution >= 4 is 22.8 Å². The smallest absolute Gasteiger partial charge is 0.253 e. The number of benzene rings is 1. The van der Waals surface area contributed by atoms with Gasteiger partial charge in [-0.3, -0.25) is 9.89 Å². The van der Waals surface area contributed by atoms with Gasteiger partial charge in [0.25, 0.3) is 5.91 Å². The van der Waals surface area contributed by atoms with E-state index in [0.717, 1.165) is 35.7 Å². The van der Waals surface area contributed by atoms with Crippen molar-refractivity contribution in [2.45, 2.75) is 0 Å². The van der Waals surface area contributed by atoms with E-state index in [1.165, 1.54) is 6.33 Å². The van der Waals surface area contributed by atoms with Gasteiger partial charge >= 0.3 is 0 Å². The first-order valence-corrected chi connectivity index (χ1v) is 8.08. The van der Waals surface area contributed by atoms with Crippen LogP contribution in [0.5, 0.6) is 5.75 Å². The average molecular weight is 338 g/mol. The minimum absolute atomic E-state index is 0.0402. The first-order valence-electron chi connectivity index (χ1n) is 8.08. The number of nitrogens with zero attached hydrogens (tertiary/aromatic N) is 5. The van der Waals surface area contributed by atoms with E-state index in [-0.39, 0.29) is 5.91 Å². The van der Waals surface area contributed by atoms with Gasteiger partial charge < -0.3 is 14.5 Å². The Kier molecular flexibility index (Phi) is 3.93. The highest BCUT2D eigenvalue weighted by atomic mass is 16.5. The Morgan fingerprint density at radius 2 is 1.88 bits per heavy atom. The number of aromatic nitrogens is 4. The Morgan fingerprint density at radius 3 is 2.60 bits per heavy atom. The molecule has 0 bridgehead atoms. The second-order valence-corrected chi connectivity index (χ2v) is 5.84. The predicted molar refractivity (Wildman–Crippen MR) is 92.8 cm³/mol. The molecule has 0 aliphatic carbocycles. The summed E-state index contributed by atoms with van der Waals surface area (Å²) in [6.45, 7) is 2.74. The van der Waals surface area contributed by atoms with Gasteiger partial charge in [0.2, 0.25) is 0 Å². The Morgan fingerprint density at radius 1 is 1.12 bits per heavy atom. The summed E-state index contributed by atoms with van der Waals surface area (Å²) in [7, 11) is 1.61. The largest absolute Gasteiger partial charge is 0.497 e. The van der Waals surface area contributed by atoms with Crippen LogP contribution in [0.2, 0.25) is 0 Å². The summed E-state index contributed by atoms with van der Waals surface area (Å²) in [6.07, 6.45) is 3.27. The van der Waals surface area contributed by atoms with Crippen molar-refractivity contribution in [3.05, 3.63) is 42.4 Å². The van der Waals surface area contributed by atoms with Gasteiger partial charge in [-0.1, -0.05) is 0 Å². The minimum atomic E-state index is 0.0402. The summed E-state index contributed by atoms with van der Waals surface area (Å²) in [5.41, 5.74) is 1.40. The van der Waals surface area contributed by atoms with E-state index in [2.05, 4.69) is 25.1 Å². The van der Waals surface area contributed by atoms with Crippen molar-refractivity contribution in [1.29, 1.82) is 0 Å². The van der Waals surface area contributed by atoms with Crippen molar-refractivity contribution in [3.8, 4) is 5.75 Å². The molecule has 128 valence electrons. The number of hydrogen-bond acceptors (Lipinski definition) is 6. The van der Waals surface area contributed by atoms with Crippen LogP contribution in [0.3, 0.4) is 0 Å². The van der Waals surface area contributed by atoms with Gasteiger partial charge in [0.15, 0.2) is 5.65 Å². The molecule has 0 spiro atoms. The first-order chi connectivity index (χ1) is 12.3. The molecule has 1 saturated heterocycles. The Hall–Kier alpha value is -3.16. The third kappa shape index (κ3) is 2.86. The summed E-state index contributed by atoms with van der Waals surface area (Å²) in [5.74, 6) is 1.64. The fourth-order valence-corrected chi connectivity index (χ4v) is 3.04. The van der Waals surface area contributed by atoms with E-state index in [0.29, 0.717) is 18.7 Å². The molecule has 1 aromatic carbocycles. The summed E-state index contributed by atoms with van der Waals surface area (Å²) >= 11 is 0. The van der Waals surface area contributed by atoms with E-state index in [1.807, 2.05) is 4.90 Å². The SMILES string of the molecule is COc1ccc(C(=O)N2CCN(c3ncnc4[nH]ncc34)CC2)cc1. The molecule has 3 heterocycles. The number of aromatic amines is 1. The lowest BCUT2D eigenvalue weighted by atomic mass is 10.1.